The molecule has 2 unspecified atom stereocenters. The Morgan fingerprint density at radius 1 is 1.30 bits per heavy atom. The first-order valence-corrected chi connectivity index (χ1v) is 12.0. The number of esters is 1. The Morgan fingerprint density at radius 3 is 2.64 bits per heavy atom. The Labute approximate surface area is 196 Å². The van der Waals surface area contributed by atoms with E-state index in [2.05, 4.69) is 13.2 Å². The molecule has 1 spiro atoms. The van der Waals surface area contributed by atoms with Crippen LogP contribution in [-0.4, -0.2) is 82.3 Å². The van der Waals surface area contributed by atoms with Crippen LogP contribution in [-0.2, 0) is 23.9 Å². The number of allylic oxidation sites excluding steroid dienone is 1. The van der Waals surface area contributed by atoms with Gasteiger partial charge < -0.3 is 24.4 Å². The first-order valence-electron chi connectivity index (χ1n) is 12.0. The number of fused-ring (bicyclic) bond motifs is 1. The van der Waals surface area contributed by atoms with Gasteiger partial charge in [0.15, 0.2) is 0 Å². The van der Waals surface area contributed by atoms with Crippen LogP contribution in [0.1, 0.15) is 52.9 Å². The topological polar surface area (TPSA) is 96.4 Å². The van der Waals surface area contributed by atoms with Crippen LogP contribution < -0.4 is 0 Å². The maximum atomic E-state index is 13.8. The van der Waals surface area contributed by atoms with Gasteiger partial charge in [0.25, 0.3) is 0 Å². The zero-order chi connectivity index (χ0) is 24.4. The molecule has 0 aromatic carbocycles. The number of aliphatic hydroxyl groups excluding tert-OH is 1. The summed E-state index contributed by atoms with van der Waals surface area (Å²) in [6, 6.07) is -1.00. The number of amides is 2. The van der Waals surface area contributed by atoms with Crippen molar-refractivity contribution in [2.45, 2.75) is 76.2 Å². The van der Waals surface area contributed by atoms with E-state index in [1.165, 1.54) is 4.90 Å². The van der Waals surface area contributed by atoms with Gasteiger partial charge in [0.1, 0.15) is 17.6 Å². The van der Waals surface area contributed by atoms with E-state index >= 15 is 0 Å². The summed E-state index contributed by atoms with van der Waals surface area (Å²) in [5, 5.41) is 9.66. The van der Waals surface area contributed by atoms with Crippen LogP contribution in [0.15, 0.2) is 25.3 Å². The van der Waals surface area contributed by atoms with E-state index in [4.69, 9.17) is 9.47 Å². The van der Waals surface area contributed by atoms with E-state index in [1.54, 1.807) is 11.0 Å². The first kappa shape index (κ1) is 25.4. The van der Waals surface area contributed by atoms with Crippen molar-refractivity contribution in [2.75, 3.05) is 26.3 Å². The molecule has 3 aliphatic heterocycles. The number of aliphatic hydroxyl groups is 1. The predicted molar refractivity (Wildman–Crippen MR) is 123 cm³/mol. The van der Waals surface area contributed by atoms with Crippen LogP contribution in [0.3, 0.4) is 0 Å². The second-order valence-corrected chi connectivity index (χ2v) is 9.81. The highest BCUT2D eigenvalue weighted by molar-refractivity contribution is 5.98. The fourth-order valence-corrected chi connectivity index (χ4v) is 5.92. The molecule has 3 aliphatic rings. The number of rotatable bonds is 12. The van der Waals surface area contributed by atoms with Gasteiger partial charge in [0, 0.05) is 19.1 Å². The van der Waals surface area contributed by atoms with Crippen molar-refractivity contribution in [1.29, 1.82) is 0 Å². The highest BCUT2D eigenvalue weighted by Gasteiger charge is 2.78. The van der Waals surface area contributed by atoms with Gasteiger partial charge in [-0.15, -0.1) is 13.2 Å². The molecule has 3 heterocycles. The van der Waals surface area contributed by atoms with Crippen LogP contribution in [0, 0.1) is 11.8 Å². The lowest BCUT2D eigenvalue weighted by atomic mass is 9.66. The van der Waals surface area contributed by atoms with Crippen LogP contribution in [0.5, 0.6) is 0 Å². The van der Waals surface area contributed by atoms with E-state index in [0.717, 1.165) is 12.8 Å². The highest BCUT2D eigenvalue weighted by atomic mass is 16.6. The second kappa shape index (κ2) is 9.97. The Balaban J connectivity index is 1.92. The fourth-order valence-electron chi connectivity index (χ4n) is 5.92. The van der Waals surface area contributed by atoms with Gasteiger partial charge in [0.05, 0.1) is 24.7 Å². The van der Waals surface area contributed by atoms with Crippen molar-refractivity contribution in [3.8, 4) is 0 Å². The third-order valence-electron chi connectivity index (χ3n) is 7.38. The third-order valence-corrected chi connectivity index (χ3v) is 7.38. The fraction of sp³-hybridized carbons (Fsp3) is 0.720. The van der Waals surface area contributed by atoms with E-state index in [1.807, 2.05) is 26.8 Å². The molecule has 0 saturated carbocycles. The molecule has 0 aromatic rings. The number of β-amino-alcohol motifs (C(OH)–C–C–N with tert-alkyl or cyclic N) is 1. The summed E-state index contributed by atoms with van der Waals surface area (Å²) in [5.74, 6) is -2.57. The van der Waals surface area contributed by atoms with E-state index in [9.17, 15) is 19.5 Å². The molecule has 3 rings (SSSR count). The van der Waals surface area contributed by atoms with Crippen LogP contribution in [0.2, 0.25) is 0 Å². The lowest BCUT2D eigenvalue weighted by Gasteiger charge is -2.38. The largest absolute Gasteiger partial charge is 0.465 e. The molecular formula is C25H38N2O6. The van der Waals surface area contributed by atoms with Crippen molar-refractivity contribution >= 4 is 17.8 Å². The number of unbranched alkanes of at least 4 members (excludes halogenated alkanes) is 2. The summed E-state index contributed by atoms with van der Waals surface area (Å²) in [6.45, 7) is 13.4. The minimum atomic E-state index is -1.10. The molecule has 0 aromatic heterocycles. The molecule has 2 amide bonds. The third kappa shape index (κ3) is 4.23. The van der Waals surface area contributed by atoms with Gasteiger partial charge in [-0.2, -0.15) is 0 Å². The maximum absolute atomic E-state index is 13.8. The van der Waals surface area contributed by atoms with Crippen molar-refractivity contribution < 1.29 is 29.0 Å². The van der Waals surface area contributed by atoms with Gasteiger partial charge in [-0.1, -0.05) is 12.2 Å². The number of carbonyl (C=O) groups excluding carboxylic acids is 3. The molecule has 184 valence electrons. The van der Waals surface area contributed by atoms with Gasteiger partial charge >= 0.3 is 5.97 Å². The van der Waals surface area contributed by atoms with E-state index in [-0.39, 0.29) is 37.6 Å². The lowest BCUT2D eigenvalue weighted by molar-refractivity contribution is -0.160. The Bertz CT molecular complexity index is 798. The minimum Gasteiger partial charge on any atom is -0.465 e. The van der Waals surface area contributed by atoms with Gasteiger partial charge in [0.2, 0.25) is 11.8 Å². The van der Waals surface area contributed by atoms with Crippen molar-refractivity contribution in [3.63, 3.8) is 0 Å². The molecule has 5 atom stereocenters. The van der Waals surface area contributed by atoms with Gasteiger partial charge in [-0.25, -0.2) is 0 Å². The summed E-state index contributed by atoms with van der Waals surface area (Å²) < 4.78 is 12.1. The minimum absolute atomic E-state index is 0.0108. The number of ether oxygens (including phenoxy) is 2. The summed E-state index contributed by atoms with van der Waals surface area (Å²) in [4.78, 5) is 43.7. The molecular weight excluding hydrogens is 424 g/mol. The summed E-state index contributed by atoms with van der Waals surface area (Å²) in [6.07, 6.45) is 6.98. The van der Waals surface area contributed by atoms with Gasteiger partial charge in [-0.3, -0.25) is 14.4 Å². The molecule has 3 saturated heterocycles. The number of nitrogens with zero attached hydrogens (tertiary/aromatic N) is 2. The Kier molecular flexibility index (Phi) is 7.69. The van der Waals surface area contributed by atoms with Crippen LogP contribution in [0.4, 0.5) is 0 Å². The maximum Gasteiger partial charge on any atom is 0.312 e. The molecule has 8 nitrogen and oxygen atoms in total. The monoisotopic (exact) mass is 462 g/mol. The molecule has 0 radical (unpaired) electrons. The SMILES string of the molecule is C=CCCCCOC(=O)[C@H]1[C@H]2C(=O)N(CCO)C(C(=O)N(CC=C)C(C)C)C23CC[C@]1(C)O3. The Hall–Kier alpha value is -2.19. The number of hydrogen-bond donors (Lipinski definition) is 1. The summed E-state index contributed by atoms with van der Waals surface area (Å²) in [5.41, 5.74) is -1.96. The van der Waals surface area contributed by atoms with Crippen molar-refractivity contribution in [2.24, 2.45) is 11.8 Å². The van der Waals surface area contributed by atoms with E-state index in [0.29, 0.717) is 25.8 Å². The zero-order valence-corrected chi connectivity index (χ0v) is 20.1. The first-order chi connectivity index (χ1) is 15.7. The number of hydrogen-bond acceptors (Lipinski definition) is 6. The molecule has 8 heteroatoms. The summed E-state index contributed by atoms with van der Waals surface area (Å²) >= 11 is 0. The molecule has 1 N–H and O–H groups in total. The van der Waals surface area contributed by atoms with E-state index < -0.39 is 35.0 Å². The van der Waals surface area contributed by atoms with Crippen LogP contribution >= 0.6 is 0 Å². The normalized spacial score (nSPS) is 32.2. The highest BCUT2D eigenvalue weighted by Crippen LogP contribution is 2.63. The number of carbonyl (C=O) groups is 3. The Morgan fingerprint density at radius 2 is 2.03 bits per heavy atom. The smallest absolute Gasteiger partial charge is 0.312 e. The van der Waals surface area contributed by atoms with Crippen molar-refractivity contribution in [1.82, 2.24) is 9.80 Å². The number of likely N-dealkylation sites (tertiary alicyclic amines) is 1. The molecule has 3 fully saturated rings. The second-order valence-electron chi connectivity index (χ2n) is 9.81. The van der Waals surface area contributed by atoms with Gasteiger partial charge in [-0.05, 0) is 52.9 Å². The zero-order valence-electron chi connectivity index (χ0n) is 20.1. The lowest BCUT2D eigenvalue weighted by Crippen LogP contribution is -2.57. The molecule has 2 bridgehead atoms. The molecule has 33 heavy (non-hydrogen) atoms. The average Bonchev–Trinajstić information content (AvgIpc) is 3.32. The quantitative estimate of drug-likeness (QED) is 0.271. The summed E-state index contributed by atoms with van der Waals surface area (Å²) in [7, 11) is 0. The predicted octanol–water partition coefficient (Wildman–Crippen LogP) is 2.07. The average molecular weight is 463 g/mol. The molecule has 0 aliphatic carbocycles. The van der Waals surface area contributed by atoms with Crippen LogP contribution in [0.25, 0.3) is 0 Å². The van der Waals surface area contributed by atoms with Crippen molar-refractivity contribution in [3.05, 3.63) is 25.3 Å². The standard InChI is InChI=1S/C25H38N2O6/c1-6-8-9-10-16-32-23(31)19-18-21(29)27(14-15-28)20(22(30)26(13-7-2)17(3)4)25(18)12-11-24(19,5)33-25/h6-7,17-20,28H,1-2,8-16H2,3-5H3/t18-,19+,20?,24-,25?/m0/s1.